The van der Waals surface area contributed by atoms with Crippen molar-refractivity contribution in [3.05, 3.63) is 4.88 Å². The van der Waals surface area contributed by atoms with Crippen molar-refractivity contribution in [3.8, 4) is 0 Å². The van der Waals surface area contributed by atoms with Gasteiger partial charge in [0, 0.05) is 19.6 Å². The van der Waals surface area contributed by atoms with E-state index in [0.29, 0.717) is 23.0 Å². The Morgan fingerprint density at radius 3 is 2.81 bits per heavy atom. The van der Waals surface area contributed by atoms with E-state index in [4.69, 9.17) is 5.73 Å². The molecule has 1 fully saturated rings. The van der Waals surface area contributed by atoms with Crippen LogP contribution in [0.3, 0.4) is 0 Å². The average Bonchev–Trinajstić information content (AvgIpc) is 3.03. The molecule has 3 N–H and O–H groups in total. The number of nitrogens with two attached hydrogens (primary N) is 1. The summed E-state index contributed by atoms with van der Waals surface area (Å²) < 4.78 is 0. The Labute approximate surface area is 135 Å². The summed E-state index contributed by atoms with van der Waals surface area (Å²) in [4.78, 5) is 16.2. The Morgan fingerprint density at radius 2 is 2.29 bits per heavy atom. The summed E-state index contributed by atoms with van der Waals surface area (Å²) in [5, 5.41) is 4.02. The lowest BCUT2D eigenvalue weighted by Crippen LogP contribution is -2.22. The van der Waals surface area contributed by atoms with Crippen LogP contribution in [0.2, 0.25) is 0 Å². The monoisotopic (exact) mass is 327 g/mol. The minimum Gasteiger partial charge on any atom is -0.396 e. The van der Waals surface area contributed by atoms with Gasteiger partial charge in [-0.15, -0.1) is 23.1 Å². The van der Waals surface area contributed by atoms with Crippen LogP contribution < -0.4 is 16.0 Å². The van der Waals surface area contributed by atoms with E-state index < -0.39 is 0 Å². The number of rotatable bonds is 5. The third kappa shape index (κ3) is 3.31. The number of thiophene rings is 1. The van der Waals surface area contributed by atoms with E-state index >= 15 is 0 Å². The quantitative estimate of drug-likeness (QED) is 0.815. The molecule has 4 nitrogen and oxygen atoms in total. The van der Waals surface area contributed by atoms with Gasteiger partial charge in [0.1, 0.15) is 9.88 Å². The molecule has 1 unspecified atom stereocenters. The number of hydrogen-bond acceptors (Lipinski definition) is 5. The fourth-order valence-corrected chi connectivity index (χ4v) is 4.88. The van der Waals surface area contributed by atoms with Crippen LogP contribution in [-0.2, 0) is 0 Å². The molecule has 1 aliphatic heterocycles. The van der Waals surface area contributed by atoms with Crippen molar-refractivity contribution in [2.24, 2.45) is 11.8 Å². The number of carbonyl (C=O) groups excluding carboxylic acids is 1. The van der Waals surface area contributed by atoms with Crippen LogP contribution in [0.15, 0.2) is 4.90 Å². The molecule has 118 valence electrons. The number of anilines is 2. The third-order valence-corrected chi connectivity index (χ3v) is 6.30. The molecule has 21 heavy (non-hydrogen) atoms. The summed E-state index contributed by atoms with van der Waals surface area (Å²) in [6.45, 7) is 9.25. The summed E-state index contributed by atoms with van der Waals surface area (Å²) >= 11 is 3.18. The minimum atomic E-state index is -0.0545. The highest BCUT2D eigenvalue weighted by Crippen LogP contribution is 2.45. The SMILES string of the molecule is CCNC(=O)c1sc(N2CCC(C(C)C)C2)c(SC)c1N. The molecule has 2 heterocycles. The van der Waals surface area contributed by atoms with Gasteiger partial charge in [0.25, 0.3) is 5.91 Å². The Kier molecular flexibility index (Phi) is 5.43. The lowest BCUT2D eigenvalue weighted by Gasteiger charge is -2.19. The predicted molar refractivity (Wildman–Crippen MR) is 93.7 cm³/mol. The van der Waals surface area contributed by atoms with Gasteiger partial charge in [0.05, 0.1) is 10.6 Å². The van der Waals surface area contributed by atoms with E-state index in [-0.39, 0.29) is 5.91 Å². The van der Waals surface area contributed by atoms with Gasteiger partial charge < -0.3 is 16.0 Å². The zero-order chi connectivity index (χ0) is 15.6. The maximum atomic E-state index is 12.1. The van der Waals surface area contributed by atoms with Gasteiger partial charge in [-0.2, -0.15) is 0 Å². The van der Waals surface area contributed by atoms with Crippen molar-refractivity contribution in [1.82, 2.24) is 5.32 Å². The maximum Gasteiger partial charge on any atom is 0.263 e. The molecule has 0 spiro atoms. The molecular formula is C15H25N3OS2. The van der Waals surface area contributed by atoms with Crippen LogP contribution in [-0.4, -0.2) is 31.8 Å². The number of thioether (sulfide) groups is 1. The molecule has 0 bridgehead atoms. The normalized spacial score (nSPS) is 18.5. The highest BCUT2D eigenvalue weighted by molar-refractivity contribution is 7.99. The second kappa shape index (κ2) is 6.92. The van der Waals surface area contributed by atoms with Gasteiger partial charge in [0.15, 0.2) is 0 Å². The molecule has 0 saturated carbocycles. The average molecular weight is 328 g/mol. The van der Waals surface area contributed by atoms with E-state index in [9.17, 15) is 4.79 Å². The van der Waals surface area contributed by atoms with Gasteiger partial charge in [0.2, 0.25) is 0 Å². The van der Waals surface area contributed by atoms with E-state index in [1.54, 1.807) is 11.8 Å². The van der Waals surface area contributed by atoms with Gasteiger partial charge >= 0.3 is 0 Å². The number of nitrogen functional groups attached to an aromatic ring is 1. The second-order valence-corrected chi connectivity index (χ2v) is 7.60. The van der Waals surface area contributed by atoms with E-state index in [1.807, 2.05) is 13.2 Å². The van der Waals surface area contributed by atoms with Crippen molar-refractivity contribution in [3.63, 3.8) is 0 Å². The Morgan fingerprint density at radius 1 is 1.57 bits per heavy atom. The van der Waals surface area contributed by atoms with Crippen LogP contribution in [0.25, 0.3) is 0 Å². The molecule has 2 rings (SSSR count). The summed E-state index contributed by atoms with van der Waals surface area (Å²) in [6.07, 6.45) is 3.25. The molecule has 6 heteroatoms. The summed E-state index contributed by atoms with van der Waals surface area (Å²) in [6, 6.07) is 0. The van der Waals surface area contributed by atoms with Crippen LogP contribution in [0.5, 0.6) is 0 Å². The number of nitrogens with one attached hydrogen (secondary N) is 1. The number of nitrogens with zero attached hydrogens (tertiary/aromatic N) is 1. The van der Waals surface area contributed by atoms with Crippen molar-refractivity contribution in [1.29, 1.82) is 0 Å². The summed E-state index contributed by atoms with van der Waals surface area (Å²) in [5.74, 6) is 1.38. The molecule has 1 atom stereocenters. The van der Waals surface area contributed by atoms with E-state index in [2.05, 4.69) is 24.1 Å². The fraction of sp³-hybridized carbons (Fsp3) is 0.667. The first-order valence-corrected chi connectivity index (χ1v) is 9.53. The van der Waals surface area contributed by atoms with Crippen LogP contribution in [0.4, 0.5) is 10.7 Å². The zero-order valence-electron chi connectivity index (χ0n) is 13.2. The third-order valence-electron chi connectivity index (χ3n) is 4.08. The van der Waals surface area contributed by atoms with Gasteiger partial charge in [-0.3, -0.25) is 4.79 Å². The van der Waals surface area contributed by atoms with Crippen LogP contribution in [0.1, 0.15) is 36.9 Å². The summed E-state index contributed by atoms with van der Waals surface area (Å²) in [7, 11) is 0. The second-order valence-electron chi connectivity index (χ2n) is 5.78. The lowest BCUT2D eigenvalue weighted by atomic mass is 9.95. The Hall–Kier alpha value is -0.880. The molecule has 1 aromatic rings. The predicted octanol–water partition coefficient (Wildman–Crippen LogP) is 3.28. The number of hydrogen-bond donors (Lipinski definition) is 2. The molecule has 1 aromatic heterocycles. The minimum absolute atomic E-state index is 0.0545. The highest BCUT2D eigenvalue weighted by atomic mass is 32.2. The Bertz CT molecular complexity index is 513. The first kappa shape index (κ1) is 16.5. The number of carbonyl (C=O) groups is 1. The smallest absolute Gasteiger partial charge is 0.263 e. The molecule has 1 aliphatic rings. The molecule has 0 aliphatic carbocycles. The van der Waals surface area contributed by atoms with Crippen molar-refractivity contribution in [2.45, 2.75) is 32.1 Å². The molecule has 0 aromatic carbocycles. The Balaban J connectivity index is 2.28. The number of amides is 1. The first-order valence-electron chi connectivity index (χ1n) is 7.48. The molecular weight excluding hydrogens is 302 g/mol. The first-order chi connectivity index (χ1) is 9.99. The zero-order valence-corrected chi connectivity index (χ0v) is 14.9. The molecule has 1 amide bonds. The van der Waals surface area contributed by atoms with Gasteiger partial charge in [-0.05, 0) is 31.4 Å². The molecule has 1 saturated heterocycles. The fourth-order valence-electron chi connectivity index (χ4n) is 2.75. The van der Waals surface area contributed by atoms with Gasteiger partial charge in [-0.25, -0.2) is 0 Å². The van der Waals surface area contributed by atoms with Gasteiger partial charge in [-0.1, -0.05) is 13.8 Å². The van der Waals surface area contributed by atoms with Crippen molar-refractivity contribution >= 4 is 39.7 Å². The van der Waals surface area contributed by atoms with Crippen molar-refractivity contribution in [2.75, 3.05) is 36.5 Å². The van der Waals surface area contributed by atoms with E-state index in [0.717, 1.165) is 23.9 Å². The lowest BCUT2D eigenvalue weighted by molar-refractivity contribution is 0.0960. The van der Waals surface area contributed by atoms with Crippen LogP contribution >= 0.6 is 23.1 Å². The maximum absolute atomic E-state index is 12.1. The van der Waals surface area contributed by atoms with Crippen LogP contribution in [0, 0.1) is 11.8 Å². The topological polar surface area (TPSA) is 58.4 Å². The highest BCUT2D eigenvalue weighted by Gasteiger charge is 2.30. The summed E-state index contributed by atoms with van der Waals surface area (Å²) in [5.41, 5.74) is 6.85. The molecule has 0 radical (unpaired) electrons. The van der Waals surface area contributed by atoms with Crippen molar-refractivity contribution < 1.29 is 4.79 Å². The van der Waals surface area contributed by atoms with E-state index in [1.165, 1.54) is 22.8 Å². The standard InChI is InChI=1S/C15H25N3OS2/c1-5-17-14(19)12-11(16)13(20-4)15(21-12)18-7-6-10(8-18)9(2)3/h9-10H,5-8,16H2,1-4H3,(H,17,19). The largest absolute Gasteiger partial charge is 0.396 e.